The van der Waals surface area contributed by atoms with E-state index in [-0.39, 0.29) is 18.1 Å². The van der Waals surface area contributed by atoms with Gasteiger partial charge in [-0.3, -0.25) is 4.79 Å². The van der Waals surface area contributed by atoms with Crippen LogP contribution >= 0.6 is 0 Å². The van der Waals surface area contributed by atoms with E-state index in [1.165, 1.54) is 6.07 Å². The van der Waals surface area contributed by atoms with E-state index in [1.54, 1.807) is 18.2 Å². The summed E-state index contributed by atoms with van der Waals surface area (Å²) in [4.78, 5) is 12.0. The van der Waals surface area contributed by atoms with Gasteiger partial charge in [0.15, 0.2) is 0 Å². The van der Waals surface area contributed by atoms with Crippen molar-refractivity contribution >= 4 is 11.6 Å². The fraction of sp³-hybridized carbons (Fsp3) is 0.188. The average molecular weight is 272 g/mol. The second kappa shape index (κ2) is 6.30. The van der Waals surface area contributed by atoms with Crippen molar-refractivity contribution in [3.63, 3.8) is 0 Å². The van der Waals surface area contributed by atoms with Crippen LogP contribution in [-0.4, -0.2) is 5.91 Å². The summed E-state index contributed by atoms with van der Waals surface area (Å²) in [5.74, 6) is -0.609. The van der Waals surface area contributed by atoms with Crippen molar-refractivity contribution < 1.29 is 9.18 Å². The topological polar surface area (TPSA) is 55.1 Å². The second-order valence-corrected chi connectivity index (χ2v) is 4.67. The van der Waals surface area contributed by atoms with Gasteiger partial charge in [0.25, 0.3) is 0 Å². The van der Waals surface area contributed by atoms with E-state index in [1.807, 2.05) is 25.1 Å². The lowest BCUT2D eigenvalue weighted by Gasteiger charge is -2.10. The van der Waals surface area contributed by atoms with Gasteiger partial charge in [0.2, 0.25) is 5.91 Å². The third-order valence-corrected chi connectivity index (χ3v) is 3.12. The Morgan fingerprint density at radius 1 is 1.25 bits per heavy atom. The van der Waals surface area contributed by atoms with Gasteiger partial charge in [-0.1, -0.05) is 30.3 Å². The molecule has 0 aromatic heterocycles. The molecule has 0 aliphatic heterocycles. The molecule has 104 valence electrons. The van der Waals surface area contributed by atoms with E-state index in [9.17, 15) is 9.18 Å². The predicted octanol–water partition coefficient (Wildman–Crippen LogP) is 2.77. The molecule has 0 fully saturated rings. The standard InChI is InChI=1S/C16H17FN2O/c1-11-6-7-12(10-18)8-15(11)19-16(20)9-13-4-2-3-5-14(13)17/h2-8H,9-10,18H2,1H3,(H,19,20). The molecular weight excluding hydrogens is 255 g/mol. The van der Waals surface area contributed by atoms with Crippen molar-refractivity contribution in [3.05, 3.63) is 65.0 Å². The molecule has 0 saturated heterocycles. The highest BCUT2D eigenvalue weighted by Gasteiger charge is 2.09. The number of anilines is 1. The van der Waals surface area contributed by atoms with Gasteiger partial charge in [-0.2, -0.15) is 0 Å². The second-order valence-electron chi connectivity index (χ2n) is 4.67. The number of carbonyl (C=O) groups excluding carboxylic acids is 1. The molecule has 0 heterocycles. The van der Waals surface area contributed by atoms with Crippen LogP contribution in [0, 0.1) is 12.7 Å². The van der Waals surface area contributed by atoms with Gasteiger partial charge in [-0.15, -0.1) is 0 Å². The summed E-state index contributed by atoms with van der Waals surface area (Å²) in [5, 5.41) is 2.80. The smallest absolute Gasteiger partial charge is 0.228 e. The Hall–Kier alpha value is -2.20. The van der Waals surface area contributed by atoms with E-state index in [0.29, 0.717) is 17.8 Å². The van der Waals surface area contributed by atoms with Crippen molar-refractivity contribution in [3.8, 4) is 0 Å². The lowest BCUT2D eigenvalue weighted by molar-refractivity contribution is -0.115. The number of nitrogens with one attached hydrogen (secondary N) is 1. The zero-order valence-corrected chi connectivity index (χ0v) is 11.3. The minimum Gasteiger partial charge on any atom is -0.326 e. The van der Waals surface area contributed by atoms with Gasteiger partial charge in [-0.05, 0) is 35.7 Å². The normalized spacial score (nSPS) is 10.3. The molecule has 4 heteroatoms. The molecule has 1 amide bonds. The summed E-state index contributed by atoms with van der Waals surface area (Å²) in [7, 11) is 0. The maximum Gasteiger partial charge on any atom is 0.228 e. The number of nitrogens with two attached hydrogens (primary N) is 1. The van der Waals surface area contributed by atoms with Crippen LogP contribution in [0.2, 0.25) is 0 Å². The molecule has 3 nitrogen and oxygen atoms in total. The van der Waals surface area contributed by atoms with Crippen LogP contribution in [0.25, 0.3) is 0 Å². The first-order chi connectivity index (χ1) is 9.60. The van der Waals surface area contributed by atoms with Gasteiger partial charge in [-0.25, -0.2) is 4.39 Å². The number of rotatable bonds is 4. The molecule has 0 aliphatic carbocycles. The number of hydrogen-bond donors (Lipinski definition) is 2. The fourth-order valence-electron chi connectivity index (χ4n) is 1.94. The molecule has 2 rings (SSSR count). The van der Waals surface area contributed by atoms with Crippen LogP contribution < -0.4 is 11.1 Å². The Balaban J connectivity index is 2.10. The molecule has 0 spiro atoms. The zero-order chi connectivity index (χ0) is 14.5. The molecule has 0 bridgehead atoms. The highest BCUT2D eigenvalue weighted by molar-refractivity contribution is 5.93. The van der Waals surface area contributed by atoms with Gasteiger partial charge in [0.05, 0.1) is 6.42 Å². The van der Waals surface area contributed by atoms with Crippen molar-refractivity contribution in [2.75, 3.05) is 5.32 Å². The van der Waals surface area contributed by atoms with E-state index in [4.69, 9.17) is 5.73 Å². The number of hydrogen-bond acceptors (Lipinski definition) is 2. The quantitative estimate of drug-likeness (QED) is 0.899. The third-order valence-electron chi connectivity index (χ3n) is 3.12. The maximum atomic E-state index is 13.5. The minimum absolute atomic E-state index is 0.0129. The lowest BCUT2D eigenvalue weighted by atomic mass is 10.1. The van der Waals surface area contributed by atoms with Crippen LogP contribution in [-0.2, 0) is 17.8 Å². The number of halogens is 1. The molecule has 0 unspecified atom stereocenters. The molecule has 0 atom stereocenters. The summed E-state index contributed by atoms with van der Waals surface area (Å²) in [6, 6.07) is 11.9. The van der Waals surface area contributed by atoms with E-state index >= 15 is 0 Å². The van der Waals surface area contributed by atoms with Crippen LogP contribution in [0.3, 0.4) is 0 Å². The molecule has 0 aliphatic rings. The van der Waals surface area contributed by atoms with Crippen molar-refractivity contribution in [1.82, 2.24) is 0 Å². The average Bonchev–Trinajstić information content (AvgIpc) is 2.44. The SMILES string of the molecule is Cc1ccc(CN)cc1NC(=O)Cc1ccccc1F. The van der Waals surface area contributed by atoms with Crippen LogP contribution in [0.1, 0.15) is 16.7 Å². The van der Waals surface area contributed by atoms with E-state index < -0.39 is 0 Å². The van der Waals surface area contributed by atoms with Crippen molar-refractivity contribution in [1.29, 1.82) is 0 Å². The molecule has 20 heavy (non-hydrogen) atoms. The Bertz CT molecular complexity index is 626. The first-order valence-corrected chi connectivity index (χ1v) is 6.43. The molecule has 2 aromatic carbocycles. The molecule has 0 radical (unpaired) electrons. The fourth-order valence-corrected chi connectivity index (χ4v) is 1.94. The number of benzene rings is 2. The minimum atomic E-state index is -0.366. The first kappa shape index (κ1) is 14.2. The number of carbonyl (C=O) groups is 1. The highest BCUT2D eigenvalue weighted by atomic mass is 19.1. The van der Waals surface area contributed by atoms with Crippen molar-refractivity contribution in [2.24, 2.45) is 5.73 Å². The number of aryl methyl sites for hydroxylation is 1. The summed E-state index contributed by atoms with van der Waals surface area (Å²) in [5.41, 5.74) is 8.57. The van der Waals surface area contributed by atoms with Gasteiger partial charge < -0.3 is 11.1 Å². The highest BCUT2D eigenvalue weighted by Crippen LogP contribution is 2.17. The third kappa shape index (κ3) is 3.42. The van der Waals surface area contributed by atoms with E-state index in [2.05, 4.69) is 5.32 Å². The summed E-state index contributed by atoms with van der Waals surface area (Å²) in [6.45, 7) is 2.31. The molecule has 0 saturated carbocycles. The lowest BCUT2D eigenvalue weighted by Crippen LogP contribution is -2.16. The molecule has 2 aromatic rings. The van der Waals surface area contributed by atoms with Gasteiger partial charge >= 0.3 is 0 Å². The summed E-state index contributed by atoms with van der Waals surface area (Å²) in [6.07, 6.45) is 0.0129. The largest absolute Gasteiger partial charge is 0.326 e. The zero-order valence-electron chi connectivity index (χ0n) is 11.3. The Morgan fingerprint density at radius 3 is 2.70 bits per heavy atom. The van der Waals surface area contributed by atoms with Gasteiger partial charge in [0.1, 0.15) is 5.82 Å². The monoisotopic (exact) mass is 272 g/mol. The van der Waals surface area contributed by atoms with Gasteiger partial charge in [0, 0.05) is 12.2 Å². The predicted molar refractivity (Wildman–Crippen MR) is 77.8 cm³/mol. The Morgan fingerprint density at radius 2 is 2.00 bits per heavy atom. The Kier molecular flexibility index (Phi) is 4.48. The Labute approximate surface area is 117 Å². The molecular formula is C16H17FN2O. The summed E-state index contributed by atoms with van der Waals surface area (Å²) < 4.78 is 13.5. The number of amides is 1. The maximum absolute atomic E-state index is 13.5. The van der Waals surface area contributed by atoms with Crippen LogP contribution in [0.4, 0.5) is 10.1 Å². The summed E-state index contributed by atoms with van der Waals surface area (Å²) >= 11 is 0. The van der Waals surface area contributed by atoms with E-state index in [0.717, 1.165) is 11.1 Å². The first-order valence-electron chi connectivity index (χ1n) is 6.43. The van der Waals surface area contributed by atoms with Crippen molar-refractivity contribution in [2.45, 2.75) is 19.9 Å². The van der Waals surface area contributed by atoms with Crippen LogP contribution in [0.15, 0.2) is 42.5 Å². The molecule has 3 N–H and O–H groups in total. The van der Waals surface area contributed by atoms with Crippen LogP contribution in [0.5, 0.6) is 0 Å².